The zero-order chi connectivity index (χ0) is 16.6. The molecule has 0 saturated heterocycles. The summed E-state index contributed by atoms with van der Waals surface area (Å²) in [4.78, 5) is 29.6. The number of carbonyl (C=O) groups is 2. The number of halogens is 3. The van der Waals surface area contributed by atoms with E-state index in [9.17, 15) is 22.8 Å². The van der Waals surface area contributed by atoms with Crippen molar-refractivity contribution in [2.75, 3.05) is 26.0 Å². The third kappa shape index (κ3) is 6.72. The molecule has 22 heavy (non-hydrogen) atoms. The number of carbonyl (C=O) groups excluding carboxylic acids is 2. The van der Waals surface area contributed by atoms with Gasteiger partial charge in [-0.1, -0.05) is 11.8 Å². The Labute approximate surface area is 128 Å². The molecular weight excluding hydrogens is 325 g/mol. The Balaban J connectivity index is 2.43. The summed E-state index contributed by atoms with van der Waals surface area (Å²) in [6, 6.07) is 0.0144. The molecule has 0 aliphatic rings. The Hall–Kier alpha value is -1.88. The minimum atomic E-state index is -4.58. The van der Waals surface area contributed by atoms with Gasteiger partial charge >= 0.3 is 12.2 Å². The molecule has 1 aromatic heterocycles. The molecule has 0 fully saturated rings. The van der Waals surface area contributed by atoms with Gasteiger partial charge in [-0.05, 0) is 6.07 Å². The van der Waals surface area contributed by atoms with Crippen molar-refractivity contribution in [3.8, 4) is 0 Å². The molecule has 0 bridgehead atoms. The summed E-state index contributed by atoms with van der Waals surface area (Å²) in [6.45, 7) is 0.508. The molecule has 7 nitrogen and oxygen atoms in total. The van der Waals surface area contributed by atoms with Crippen molar-refractivity contribution in [2.24, 2.45) is 0 Å². The van der Waals surface area contributed by atoms with E-state index < -0.39 is 23.8 Å². The van der Waals surface area contributed by atoms with Crippen LogP contribution in [0.3, 0.4) is 0 Å². The van der Waals surface area contributed by atoms with Gasteiger partial charge in [0.2, 0.25) is 5.91 Å². The second-order valence-corrected chi connectivity index (χ2v) is 4.75. The molecule has 1 heterocycles. The van der Waals surface area contributed by atoms with Crippen molar-refractivity contribution >= 4 is 23.7 Å². The van der Waals surface area contributed by atoms with Gasteiger partial charge in [-0.15, -0.1) is 0 Å². The lowest BCUT2D eigenvalue weighted by atomic mass is 10.4. The van der Waals surface area contributed by atoms with Crippen molar-refractivity contribution in [3.63, 3.8) is 0 Å². The standard InChI is InChI=1S/C11H13F3N4O3S/c1-21-5-4-15-9(20)18-8(19)6-22-10-16-3-2-7(17-10)11(12,13)14/h2-3H,4-6H2,1H3,(H2,15,18,19,20). The van der Waals surface area contributed by atoms with Crippen LogP contribution in [0.5, 0.6) is 0 Å². The third-order valence-corrected chi connectivity index (χ3v) is 2.96. The average Bonchev–Trinajstić information content (AvgIpc) is 2.45. The quantitative estimate of drug-likeness (QED) is 0.458. The Morgan fingerprint density at radius 3 is 2.77 bits per heavy atom. The highest BCUT2D eigenvalue weighted by Gasteiger charge is 2.32. The molecule has 0 unspecified atom stereocenters. The maximum absolute atomic E-state index is 12.4. The summed E-state index contributed by atoms with van der Waals surface area (Å²) < 4.78 is 42.0. The highest BCUT2D eigenvalue weighted by Crippen LogP contribution is 2.28. The molecule has 0 radical (unpaired) electrons. The largest absolute Gasteiger partial charge is 0.433 e. The molecule has 1 rings (SSSR count). The van der Waals surface area contributed by atoms with Crippen molar-refractivity contribution in [1.29, 1.82) is 0 Å². The highest BCUT2D eigenvalue weighted by molar-refractivity contribution is 7.99. The van der Waals surface area contributed by atoms with Crippen LogP contribution in [0.2, 0.25) is 0 Å². The molecule has 0 spiro atoms. The predicted octanol–water partition coefficient (Wildman–Crippen LogP) is 1.06. The van der Waals surface area contributed by atoms with Gasteiger partial charge in [0.15, 0.2) is 5.16 Å². The van der Waals surface area contributed by atoms with Gasteiger partial charge < -0.3 is 10.1 Å². The first-order chi connectivity index (χ1) is 10.3. The number of urea groups is 1. The Bertz CT molecular complexity index is 528. The minimum absolute atomic E-state index is 0.204. The molecular formula is C11H13F3N4O3S. The van der Waals surface area contributed by atoms with Crippen LogP contribution in [0.4, 0.5) is 18.0 Å². The first kappa shape index (κ1) is 18.2. The van der Waals surface area contributed by atoms with E-state index in [1.165, 1.54) is 7.11 Å². The lowest BCUT2D eigenvalue weighted by Gasteiger charge is -2.07. The van der Waals surface area contributed by atoms with Crippen molar-refractivity contribution in [1.82, 2.24) is 20.6 Å². The van der Waals surface area contributed by atoms with Crippen LogP contribution < -0.4 is 10.6 Å². The van der Waals surface area contributed by atoms with Crippen LogP contribution in [0, 0.1) is 0 Å². The lowest BCUT2D eigenvalue weighted by Crippen LogP contribution is -2.41. The highest BCUT2D eigenvalue weighted by atomic mass is 32.2. The summed E-state index contributed by atoms with van der Waals surface area (Å²) in [5, 5.41) is 4.16. The number of nitrogens with zero attached hydrogens (tertiary/aromatic N) is 2. The Morgan fingerprint density at radius 1 is 1.41 bits per heavy atom. The Kier molecular flexibility index (Phi) is 7.05. The molecule has 0 aromatic carbocycles. The van der Waals surface area contributed by atoms with E-state index in [2.05, 4.69) is 15.3 Å². The summed E-state index contributed by atoms with van der Waals surface area (Å²) in [7, 11) is 1.45. The zero-order valence-corrected chi connectivity index (χ0v) is 12.3. The third-order valence-electron chi connectivity index (χ3n) is 2.10. The van der Waals surface area contributed by atoms with E-state index in [0.29, 0.717) is 11.8 Å². The molecule has 2 N–H and O–H groups in total. The minimum Gasteiger partial charge on any atom is -0.383 e. The normalized spacial score (nSPS) is 11.1. The van der Waals surface area contributed by atoms with Crippen molar-refractivity contribution in [2.45, 2.75) is 11.3 Å². The van der Waals surface area contributed by atoms with E-state index in [-0.39, 0.29) is 24.1 Å². The van der Waals surface area contributed by atoms with Gasteiger partial charge in [-0.3, -0.25) is 10.1 Å². The van der Waals surface area contributed by atoms with Gasteiger partial charge in [0.05, 0.1) is 12.4 Å². The van der Waals surface area contributed by atoms with Gasteiger partial charge in [0.1, 0.15) is 5.69 Å². The number of aromatic nitrogens is 2. The second-order valence-electron chi connectivity index (χ2n) is 3.81. The van der Waals surface area contributed by atoms with Crippen molar-refractivity contribution in [3.05, 3.63) is 18.0 Å². The average molecular weight is 338 g/mol. The molecule has 11 heteroatoms. The fraction of sp³-hybridized carbons (Fsp3) is 0.455. The van der Waals surface area contributed by atoms with Gasteiger partial charge in [0.25, 0.3) is 0 Å². The van der Waals surface area contributed by atoms with E-state index >= 15 is 0 Å². The van der Waals surface area contributed by atoms with Gasteiger partial charge in [0, 0.05) is 19.9 Å². The first-order valence-corrected chi connectivity index (χ1v) is 6.91. The topological polar surface area (TPSA) is 93.2 Å². The fourth-order valence-electron chi connectivity index (χ4n) is 1.17. The summed E-state index contributed by atoms with van der Waals surface area (Å²) in [6.07, 6.45) is -3.63. The van der Waals surface area contributed by atoms with Crippen molar-refractivity contribution < 1.29 is 27.5 Å². The van der Waals surface area contributed by atoms with E-state index in [1.807, 2.05) is 5.32 Å². The zero-order valence-electron chi connectivity index (χ0n) is 11.4. The lowest BCUT2D eigenvalue weighted by molar-refractivity contribution is -0.141. The fourth-order valence-corrected chi connectivity index (χ4v) is 1.80. The summed E-state index contributed by atoms with van der Waals surface area (Å²) in [5.74, 6) is -0.972. The number of hydrogen-bond acceptors (Lipinski definition) is 6. The number of amides is 3. The molecule has 0 atom stereocenters. The SMILES string of the molecule is COCCNC(=O)NC(=O)CSc1nccc(C(F)(F)F)n1. The van der Waals surface area contributed by atoms with E-state index in [1.54, 1.807) is 0 Å². The molecule has 1 aromatic rings. The van der Waals surface area contributed by atoms with Crippen LogP contribution in [0.15, 0.2) is 17.4 Å². The summed E-state index contributed by atoms with van der Waals surface area (Å²) >= 11 is 0.690. The van der Waals surface area contributed by atoms with Crippen LogP contribution in [0.25, 0.3) is 0 Å². The number of thioether (sulfide) groups is 1. The van der Waals surface area contributed by atoms with E-state index in [4.69, 9.17) is 4.74 Å². The molecule has 3 amide bonds. The number of alkyl halides is 3. The second kappa shape index (κ2) is 8.54. The van der Waals surface area contributed by atoms with Crippen LogP contribution in [0.1, 0.15) is 5.69 Å². The maximum atomic E-state index is 12.4. The molecule has 122 valence electrons. The van der Waals surface area contributed by atoms with Crippen LogP contribution >= 0.6 is 11.8 Å². The number of hydrogen-bond donors (Lipinski definition) is 2. The monoisotopic (exact) mass is 338 g/mol. The molecule has 0 aliphatic carbocycles. The van der Waals surface area contributed by atoms with Crippen LogP contribution in [-0.4, -0.2) is 47.9 Å². The Morgan fingerprint density at radius 2 is 2.14 bits per heavy atom. The number of ether oxygens (including phenoxy) is 1. The van der Waals surface area contributed by atoms with E-state index in [0.717, 1.165) is 12.3 Å². The summed E-state index contributed by atoms with van der Waals surface area (Å²) in [5.41, 5.74) is -1.09. The van der Waals surface area contributed by atoms with Gasteiger partial charge in [-0.25, -0.2) is 14.8 Å². The number of methoxy groups -OCH3 is 1. The van der Waals surface area contributed by atoms with Crippen LogP contribution in [-0.2, 0) is 15.7 Å². The molecule has 0 saturated carbocycles. The molecule has 0 aliphatic heterocycles. The maximum Gasteiger partial charge on any atom is 0.433 e. The predicted molar refractivity (Wildman–Crippen MR) is 71.2 cm³/mol. The smallest absolute Gasteiger partial charge is 0.383 e. The first-order valence-electron chi connectivity index (χ1n) is 5.92. The van der Waals surface area contributed by atoms with Gasteiger partial charge in [-0.2, -0.15) is 13.2 Å². The number of imide groups is 1. The number of rotatable bonds is 6. The number of nitrogens with one attached hydrogen (secondary N) is 2.